The fourth-order valence-corrected chi connectivity index (χ4v) is 3.68. The molecule has 0 fully saturated rings. The Hall–Kier alpha value is -1.62. The highest BCUT2D eigenvalue weighted by atomic mass is 35.5. The molecule has 0 atom stereocenters. The number of benzene rings is 1. The van der Waals surface area contributed by atoms with Crippen molar-refractivity contribution in [1.29, 1.82) is 0 Å². The molecule has 3 nitrogen and oxygen atoms in total. The minimum atomic E-state index is 0.483. The molecular weight excluding hydrogens is 373 g/mol. The summed E-state index contributed by atoms with van der Waals surface area (Å²) in [5.41, 5.74) is 3.50. The maximum Gasteiger partial charge on any atom is 0.154 e. The monoisotopic (exact) mass is 391 g/mol. The minimum Gasteiger partial charge on any atom is -0.368 e. The third kappa shape index (κ3) is 4.32. The van der Waals surface area contributed by atoms with Crippen molar-refractivity contribution < 1.29 is 0 Å². The SMILES string of the molecule is C=C(C)CCCNc1nc2cc(Cl)c(Cl)cc2nc1-c1ccc(C)s1. The minimum absolute atomic E-state index is 0.483. The summed E-state index contributed by atoms with van der Waals surface area (Å²) in [5, 5.41) is 4.39. The number of fused-ring (bicyclic) bond motifs is 1. The summed E-state index contributed by atoms with van der Waals surface area (Å²) >= 11 is 14.0. The van der Waals surface area contributed by atoms with E-state index < -0.39 is 0 Å². The van der Waals surface area contributed by atoms with Gasteiger partial charge in [-0.1, -0.05) is 28.8 Å². The molecular formula is C19H19Cl2N3S. The smallest absolute Gasteiger partial charge is 0.154 e. The van der Waals surface area contributed by atoms with Crippen LogP contribution >= 0.6 is 34.5 Å². The molecule has 0 spiro atoms. The van der Waals surface area contributed by atoms with Gasteiger partial charge < -0.3 is 5.32 Å². The highest BCUT2D eigenvalue weighted by Gasteiger charge is 2.14. The van der Waals surface area contributed by atoms with E-state index in [2.05, 4.69) is 31.0 Å². The fraction of sp³-hybridized carbons (Fsp3) is 0.263. The van der Waals surface area contributed by atoms with Crippen molar-refractivity contribution in [3.63, 3.8) is 0 Å². The zero-order chi connectivity index (χ0) is 18.0. The molecule has 2 heterocycles. The number of nitrogens with zero attached hydrogens (tertiary/aromatic N) is 2. The van der Waals surface area contributed by atoms with E-state index in [-0.39, 0.29) is 0 Å². The molecule has 1 aromatic carbocycles. The Labute approximate surface area is 161 Å². The molecule has 0 amide bonds. The first kappa shape index (κ1) is 18.2. The summed E-state index contributed by atoms with van der Waals surface area (Å²) in [6, 6.07) is 7.69. The number of rotatable bonds is 6. The van der Waals surface area contributed by atoms with Gasteiger partial charge in [-0.25, -0.2) is 9.97 Å². The summed E-state index contributed by atoms with van der Waals surface area (Å²) in [6.07, 6.45) is 1.99. The van der Waals surface area contributed by atoms with Crippen LogP contribution in [0.3, 0.4) is 0 Å². The average molecular weight is 392 g/mol. The molecule has 2 aromatic heterocycles. The van der Waals surface area contributed by atoms with Crippen molar-refractivity contribution >= 4 is 51.4 Å². The van der Waals surface area contributed by atoms with Gasteiger partial charge in [0.05, 0.1) is 26.0 Å². The van der Waals surface area contributed by atoms with E-state index in [9.17, 15) is 0 Å². The molecule has 0 unspecified atom stereocenters. The van der Waals surface area contributed by atoms with Crippen LogP contribution < -0.4 is 5.32 Å². The number of halogens is 2. The molecule has 0 bridgehead atoms. The summed E-state index contributed by atoms with van der Waals surface area (Å²) in [7, 11) is 0. The van der Waals surface area contributed by atoms with Crippen LogP contribution in [0.4, 0.5) is 5.82 Å². The van der Waals surface area contributed by atoms with Gasteiger partial charge in [0.15, 0.2) is 5.82 Å². The lowest BCUT2D eigenvalue weighted by atomic mass is 10.2. The van der Waals surface area contributed by atoms with Gasteiger partial charge in [0.25, 0.3) is 0 Å². The Bertz CT molecular complexity index is 934. The van der Waals surface area contributed by atoms with E-state index >= 15 is 0 Å². The van der Waals surface area contributed by atoms with Crippen molar-refractivity contribution in [2.75, 3.05) is 11.9 Å². The predicted octanol–water partition coefficient (Wildman–Crippen LogP) is 6.74. The molecule has 0 aliphatic heterocycles. The van der Waals surface area contributed by atoms with Crippen molar-refractivity contribution in [1.82, 2.24) is 9.97 Å². The average Bonchev–Trinajstić information content (AvgIpc) is 2.98. The molecule has 0 radical (unpaired) electrons. The summed E-state index contributed by atoms with van der Waals surface area (Å²) in [4.78, 5) is 11.9. The van der Waals surface area contributed by atoms with Crippen LogP contribution in [-0.2, 0) is 0 Å². The number of hydrogen-bond donors (Lipinski definition) is 1. The second kappa shape index (κ2) is 7.73. The van der Waals surface area contributed by atoms with Crippen LogP contribution in [0.25, 0.3) is 21.6 Å². The van der Waals surface area contributed by atoms with Crippen molar-refractivity contribution in [3.05, 3.63) is 51.3 Å². The Morgan fingerprint density at radius 3 is 2.44 bits per heavy atom. The number of hydrogen-bond acceptors (Lipinski definition) is 4. The number of aryl methyl sites for hydroxylation is 1. The molecule has 0 aliphatic rings. The zero-order valence-corrected chi connectivity index (χ0v) is 16.5. The van der Waals surface area contributed by atoms with Crippen LogP contribution in [0, 0.1) is 6.92 Å². The van der Waals surface area contributed by atoms with Crippen LogP contribution in [0.5, 0.6) is 0 Å². The Balaban J connectivity index is 2.01. The molecule has 25 heavy (non-hydrogen) atoms. The van der Waals surface area contributed by atoms with E-state index in [4.69, 9.17) is 33.2 Å². The third-order valence-corrected chi connectivity index (χ3v) is 5.48. The maximum absolute atomic E-state index is 6.14. The zero-order valence-electron chi connectivity index (χ0n) is 14.2. The van der Waals surface area contributed by atoms with E-state index in [0.29, 0.717) is 10.0 Å². The van der Waals surface area contributed by atoms with Crippen molar-refractivity contribution in [2.45, 2.75) is 26.7 Å². The van der Waals surface area contributed by atoms with Crippen molar-refractivity contribution in [3.8, 4) is 10.6 Å². The van der Waals surface area contributed by atoms with Gasteiger partial charge in [0.2, 0.25) is 0 Å². The predicted molar refractivity (Wildman–Crippen MR) is 110 cm³/mol. The topological polar surface area (TPSA) is 37.8 Å². The third-order valence-electron chi connectivity index (χ3n) is 3.75. The van der Waals surface area contributed by atoms with E-state index in [0.717, 1.165) is 46.8 Å². The quantitative estimate of drug-likeness (QED) is 0.373. The van der Waals surface area contributed by atoms with Crippen LogP contribution in [0.15, 0.2) is 36.4 Å². The van der Waals surface area contributed by atoms with Crippen LogP contribution in [0.1, 0.15) is 24.6 Å². The Morgan fingerprint density at radius 2 is 1.84 bits per heavy atom. The first-order valence-corrected chi connectivity index (χ1v) is 9.63. The summed E-state index contributed by atoms with van der Waals surface area (Å²) < 4.78 is 0. The Morgan fingerprint density at radius 1 is 1.16 bits per heavy atom. The number of aromatic nitrogens is 2. The van der Waals surface area contributed by atoms with Gasteiger partial charge in [-0.15, -0.1) is 17.9 Å². The van der Waals surface area contributed by atoms with E-state index in [1.54, 1.807) is 23.5 Å². The highest BCUT2D eigenvalue weighted by molar-refractivity contribution is 7.15. The molecule has 0 aliphatic carbocycles. The molecule has 3 rings (SSSR count). The lowest BCUT2D eigenvalue weighted by molar-refractivity contribution is 0.851. The maximum atomic E-state index is 6.14. The van der Waals surface area contributed by atoms with E-state index in [1.807, 2.05) is 6.92 Å². The molecule has 130 valence electrons. The molecule has 0 saturated carbocycles. The molecule has 3 aromatic rings. The lowest BCUT2D eigenvalue weighted by Crippen LogP contribution is -2.06. The highest BCUT2D eigenvalue weighted by Crippen LogP contribution is 2.34. The number of allylic oxidation sites excluding steroid dienone is 1. The largest absolute Gasteiger partial charge is 0.368 e. The molecule has 1 N–H and O–H groups in total. The molecule has 0 saturated heterocycles. The van der Waals surface area contributed by atoms with Gasteiger partial charge in [-0.2, -0.15) is 0 Å². The van der Waals surface area contributed by atoms with Gasteiger partial charge in [0, 0.05) is 11.4 Å². The lowest BCUT2D eigenvalue weighted by Gasteiger charge is -2.11. The van der Waals surface area contributed by atoms with Gasteiger partial charge in [0.1, 0.15) is 5.69 Å². The first-order valence-electron chi connectivity index (χ1n) is 8.06. The van der Waals surface area contributed by atoms with Gasteiger partial charge in [-0.05, 0) is 51.0 Å². The Kier molecular flexibility index (Phi) is 5.62. The number of thiophene rings is 1. The van der Waals surface area contributed by atoms with Crippen LogP contribution in [0.2, 0.25) is 10.0 Å². The number of anilines is 1. The van der Waals surface area contributed by atoms with Gasteiger partial charge in [-0.3, -0.25) is 0 Å². The summed E-state index contributed by atoms with van der Waals surface area (Å²) in [6.45, 7) is 8.88. The fourth-order valence-electron chi connectivity index (χ4n) is 2.51. The van der Waals surface area contributed by atoms with Crippen molar-refractivity contribution in [2.24, 2.45) is 0 Å². The second-order valence-corrected chi connectivity index (χ2v) is 8.18. The number of nitrogens with one attached hydrogen (secondary N) is 1. The van der Waals surface area contributed by atoms with Crippen LogP contribution in [-0.4, -0.2) is 16.5 Å². The standard InChI is InChI=1S/C19H19Cl2N3S/c1-11(2)5-4-8-22-19-18(17-7-6-12(3)25-17)23-15-9-13(20)14(21)10-16(15)24-19/h6-7,9-10H,1,4-5,8H2,2-3H3,(H,22,24). The van der Waals surface area contributed by atoms with Gasteiger partial charge >= 0.3 is 0 Å². The normalized spacial score (nSPS) is 11.0. The summed E-state index contributed by atoms with van der Waals surface area (Å²) in [5.74, 6) is 0.773. The second-order valence-electron chi connectivity index (χ2n) is 6.07. The molecule has 6 heteroatoms. The first-order chi connectivity index (χ1) is 11.9. The van der Waals surface area contributed by atoms with E-state index in [1.165, 1.54) is 10.5 Å².